The molecule has 0 bridgehead atoms. The maximum Gasteiger partial charge on any atom is 0.207 e. The summed E-state index contributed by atoms with van der Waals surface area (Å²) in [5, 5.41) is 1.52. The van der Waals surface area contributed by atoms with E-state index in [1.807, 2.05) is 0 Å². The minimum Gasteiger partial charge on any atom is -0.407 e. The molecule has 1 unspecified atom stereocenters. The first-order chi connectivity index (χ1) is 10.3. The monoisotopic (exact) mass is 494 g/mol. The molecule has 0 aromatic heterocycles. The van der Waals surface area contributed by atoms with E-state index in [1.54, 1.807) is 0 Å². The highest BCUT2D eigenvalue weighted by Crippen LogP contribution is 2.55. The van der Waals surface area contributed by atoms with Crippen LogP contribution in [0, 0.1) is 0 Å². The summed E-state index contributed by atoms with van der Waals surface area (Å²) in [5.74, 6) is 0. The summed E-state index contributed by atoms with van der Waals surface area (Å²) >= 11 is 2.41. The average molecular weight is 495 g/mol. The number of rotatable bonds is 7. The van der Waals surface area contributed by atoms with Crippen molar-refractivity contribution in [3.63, 3.8) is 0 Å². The Morgan fingerprint density at radius 3 is 1.52 bits per heavy atom. The first-order valence-corrected chi connectivity index (χ1v) is 22.2. The van der Waals surface area contributed by atoms with Crippen molar-refractivity contribution in [2.24, 2.45) is 0 Å². The van der Waals surface area contributed by atoms with E-state index >= 15 is 0 Å². The van der Waals surface area contributed by atoms with E-state index in [1.165, 1.54) is 5.19 Å². The Morgan fingerprint density at radius 2 is 1.22 bits per heavy atom. The molecule has 0 N–H and O–H groups in total. The van der Waals surface area contributed by atoms with Crippen molar-refractivity contribution in [2.45, 2.75) is 62.8 Å². The van der Waals surface area contributed by atoms with Gasteiger partial charge in [-0.05, 0) is 9.09 Å². The zero-order valence-electron chi connectivity index (χ0n) is 16.5. The quantitative estimate of drug-likeness (QED) is 0.280. The van der Waals surface area contributed by atoms with Crippen LogP contribution in [0.4, 0.5) is 0 Å². The fourth-order valence-electron chi connectivity index (χ4n) is 5.72. The Kier molecular flexibility index (Phi) is 7.18. The molecular weight excluding hydrogens is 459 g/mol. The van der Waals surface area contributed by atoms with Crippen molar-refractivity contribution in [1.29, 1.82) is 0 Å². The molecule has 0 saturated carbocycles. The first-order valence-electron chi connectivity index (χ1n) is 8.53. The normalized spacial score (nSPS) is 15.6. The van der Waals surface area contributed by atoms with E-state index in [0.29, 0.717) is 3.91 Å². The second-order valence-corrected chi connectivity index (χ2v) is 32.0. The third-order valence-corrected chi connectivity index (χ3v) is 39.3. The lowest BCUT2D eigenvalue weighted by molar-refractivity contribution is 0.415. The highest BCUT2D eigenvalue weighted by Gasteiger charge is 2.65. The fraction of sp³-hybridized carbons (Fsp3) is 0.647. The van der Waals surface area contributed by atoms with Gasteiger partial charge in [-0.2, -0.15) is 0 Å². The topological polar surface area (TPSA) is 9.23 Å². The summed E-state index contributed by atoms with van der Waals surface area (Å²) in [6.07, 6.45) is 0. The zero-order chi connectivity index (χ0) is 18.1. The van der Waals surface area contributed by atoms with E-state index in [2.05, 4.69) is 112 Å². The Bertz CT molecular complexity index is 464. The number of benzene rings is 1. The molecule has 1 aromatic carbocycles. The molecule has 0 fully saturated rings. The van der Waals surface area contributed by atoms with Gasteiger partial charge in [0.25, 0.3) is 0 Å². The Morgan fingerprint density at radius 1 is 0.826 bits per heavy atom. The van der Waals surface area contributed by atoms with Crippen molar-refractivity contribution in [3.8, 4) is 0 Å². The lowest BCUT2D eigenvalue weighted by Gasteiger charge is -2.61. The van der Waals surface area contributed by atoms with Crippen molar-refractivity contribution in [3.05, 3.63) is 30.3 Å². The maximum absolute atomic E-state index is 6.70. The highest BCUT2D eigenvalue weighted by molar-refractivity contribution is 14.1. The number of hydrogen-bond acceptors (Lipinski definition) is 1. The van der Waals surface area contributed by atoms with Gasteiger partial charge in [0, 0.05) is 24.2 Å². The molecule has 6 heteroatoms. The van der Waals surface area contributed by atoms with Crippen LogP contribution >= 0.6 is 22.6 Å². The summed E-state index contributed by atoms with van der Waals surface area (Å²) in [6.45, 7) is 23.5. The van der Waals surface area contributed by atoms with Gasteiger partial charge in [0.2, 0.25) is 9.04 Å². The van der Waals surface area contributed by atoms with Crippen LogP contribution in [0.15, 0.2) is 30.3 Å². The molecule has 0 aliphatic carbocycles. The van der Waals surface area contributed by atoms with Gasteiger partial charge in [-0.15, -0.1) is 0 Å². The van der Waals surface area contributed by atoms with Gasteiger partial charge in [0.15, 0.2) is 0 Å². The summed E-state index contributed by atoms with van der Waals surface area (Å²) in [6, 6.07) is 11.2. The fourth-order valence-corrected chi connectivity index (χ4v) is 47.1. The van der Waals surface area contributed by atoms with Crippen LogP contribution in [0.1, 0.15) is 0 Å². The molecule has 1 rings (SSSR count). The van der Waals surface area contributed by atoms with Crippen molar-refractivity contribution < 1.29 is 4.43 Å². The lowest BCUT2D eigenvalue weighted by atomic mass is 10.4. The molecule has 1 atom stereocenters. The third kappa shape index (κ3) is 4.13. The number of alkyl halides is 1. The van der Waals surface area contributed by atoms with E-state index in [4.69, 9.17) is 4.43 Å². The standard InChI is InChI=1S/C17H35IOSi4/c1-21(2,3)17(22(4,5)6,23(7,8)9)20(19-15-18)16-13-11-10-12-14-16/h10-14,20H,15H2,1-9H3. The Balaban J connectivity index is 3.78. The van der Waals surface area contributed by atoms with Crippen LogP contribution in [-0.4, -0.2) is 37.9 Å². The van der Waals surface area contributed by atoms with Crippen molar-refractivity contribution in [1.82, 2.24) is 0 Å². The lowest BCUT2D eigenvalue weighted by Crippen LogP contribution is -2.75. The minimum atomic E-state index is -1.54. The van der Waals surface area contributed by atoms with Gasteiger partial charge >= 0.3 is 0 Å². The van der Waals surface area contributed by atoms with E-state index in [-0.39, 0.29) is 0 Å². The van der Waals surface area contributed by atoms with Gasteiger partial charge < -0.3 is 4.43 Å². The third-order valence-electron chi connectivity index (χ3n) is 5.27. The van der Waals surface area contributed by atoms with E-state index in [9.17, 15) is 0 Å². The van der Waals surface area contributed by atoms with Crippen LogP contribution in [0.2, 0.25) is 62.8 Å². The molecule has 0 spiro atoms. The molecular formula is C17H35IOSi4. The largest absolute Gasteiger partial charge is 0.407 e. The molecule has 0 heterocycles. The van der Waals surface area contributed by atoms with Crippen molar-refractivity contribution >= 4 is 61.0 Å². The molecule has 0 amide bonds. The highest BCUT2D eigenvalue weighted by atomic mass is 127. The van der Waals surface area contributed by atoms with Crippen LogP contribution < -0.4 is 5.19 Å². The minimum absolute atomic E-state index is 0.513. The molecule has 1 aromatic rings. The molecule has 0 radical (unpaired) electrons. The SMILES string of the molecule is C[Si](C)(C)C([SiH](OCI)c1ccccc1)([Si](C)(C)C)[Si](C)(C)C. The smallest absolute Gasteiger partial charge is 0.207 e. The molecule has 0 saturated heterocycles. The Labute approximate surface area is 162 Å². The Hall–Kier alpha value is 0.778. The molecule has 132 valence electrons. The van der Waals surface area contributed by atoms with Gasteiger partial charge in [-0.1, -0.05) is 112 Å². The molecule has 23 heavy (non-hydrogen) atoms. The summed E-state index contributed by atoms with van der Waals surface area (Å²) in [4.78, 5) is 0. The van der Waals surface area contributed by atoms with Crippen LogP contribution in [-0.2, 0) is 4.43 Å². The molecule has 1 nitrogen and oxygen atoms in total. The number of hydrogen-bond donors (Lipinski definition) is 0. The second-order valence-electron chi connectivity index (χ2n) is 9.62. The second kappa shape index (κ2) is 7.57. The molecule has 0 aliphatic rings. The van der Waals surface area contributed by atoms with Gasteiger partial charge in [0.05, 0.1) is 4.61 Å². The summed E-state index contributed by atoms with van der Waals surface area (Å²) in [5.41, 5.74) is 0. The number of halogens is 1. The van der Waals surface area contributed by atoms with Crippen molar-refractivity contribution in [2.75, 3.05) is 4.61 Å². The van der Waals surface area contributed by atoms with Gasteiger partial charge in [-0.3, -0.25) is 0 Å². The summed E-state index contributed by atoms with van der Waals surface area (Å²) < 4.78 is 8.04. The molecule has 0 aliphatic heterocycles. The van der Waals surface area contributed by atoms with E-state index < -0.39 is 33.3 Å². The first kappa shape index (κ1) is 21.8. The van der Waals surface area contributed by atoms with Crippen LogP contribution in [0.5, 0.6) is 0 Å². The summed E-state index contributed by atoms with van der Waals surface area (Å²) in [7, 11) is -5.84. The van der Waals surface area contributed by atoms with E-state index in [0.717, 1.165) is 4.61 Å². The predicted octanol–water partition coefficient (Wildman–Crippen LogP) is 5.40. The zero-order valence-corrected chi connectivity index (χ0v) is 22.8. The van der Waals surface area contributed by atoms with Crippen LogP contribution in [0.25, 0.3) is 0 Å². The van der Waals surface area contributed by atoms with Gasteiger partial charge in [0.1, 0.15) is 0 Å². The van der Waals surface area contributed by atoms with Crippen LogP contribution in [0.3, 0.4) is 0 Å². The average Bonchev–Trinajstić information content (AvgIpc) is 2.34. The predicted molar refractivity (Wildman–Crippen MR) is 126 cm³/mol. The maximum atomic E-state index is 6.70. The van der Waals surface area contributed by atoms with Gasteiger partial charge in [-0.25, -0.2) is 0 Å².